The molecule has 1 atom stereocenters. The molecular formula is C15H14BrF2NO3. The molecule has 22 heavy (non-hydrogen) atoms. The van der Waals surface area contributed by atoms with Gasteiger partial charge in [0.25, 0.3) is 0 Å². The molecule has 0 amide bonds. The molecule has 0 radical (unpaired) electrons. The molecule has 1 fully saturated rings. The summed E-state index contributed by atoms with van der Waals surface area (Å²) < 4.78 is 32.2. The van der Waals surface area contributed by atoms with Crippen LogP contribution in [0.3, 0.4) is 0 Å². The van der Waals surface area contributed by atoms with E-state index >= 15 is 0 Å². The summed E-state index contributed by atoms with van der Waals surface area (Å²) in [5.74, 6) is -5.28. The van der Waals surface area contributed by atoms with Gasteiger partial charge in [-0.05, 0) is 53.7 Å². The third-order valence-corrected chi connectivity index (χ3v) is 4.00. The van der Waals surface area contributed by atoms with Crippen LogP contribution in [0.1, 0.15) is 30.1 Å². The van der Waals surface area contributed by atoms with Crippen molar-refractivity contribution in [2.45, 2.75) is 19.8 Å². The van der Waals surface area contributed by atoms with Gasteiger partial charge in [-0.15, -0.1) is 0 Å². The molecule has 118 valence electrons. The maximum absolute atomic E-state index is 13.9. The molecule has 0 spiro atoms. The average Bonchev–Trinajstić information content (AvgIpc) is 3.27. The predicted molar refractivity (Wildman–Crippen MR) is 79.0 cm³/mol. The van der Waals surface area contributed by atoms with Gasteiger partial charge < -0.3 is 10.1 Å². The van der Waals surface area contributed by atoms with E-state index in [4.69, 9.17) is 10.1 Å². The fourth-order valence-corrected chi connectivity index (χ4v) is 2.41. The summed E-state index contributed by atoms with van der Waals surface area (Å²) in [6.07, 6.45) is 1.42. The van der Waals surface area contributed by atoms with Gasteiger partial charge in [0.2, 0.25) is 0 Å². The van der Waals surface area contributed by atoms with Crippen LogP contribution in [0, 0.1) is 28.9 Å². The van der Waals surface area contributed by atoms with E-state index in [1.54, 1.807) is 6.92 Å². The zero-order valence-electron chi connectivity index (χ0n) is 11.8. The largest absolute Gasteiger partial charge is 0.465 e. The molecule has 1 aliphatic carbocycles. The van der Waals surface area contributed by atoms with Crippen LogP contribution < -0.4 is 0 Å². The van der Waals surface area contributed by atoms with Crippen LogP contribution in [0.15, 0.2) is 16.6 Å². The number of Topliss-reactive ketones (excluding diaryl/α,β-unsaturated/α-hetero) is 1. The van der Waals surface area contributed by atoms with Crippen LogP contribution in [0.25, 0.3) is 0 Å². The van der Waals surface area contributed by atoms with Crippen LogP contribution in [0.2, 0.25) is 0 Å². The second-order valence-electron chi connectivity index (χ2n) is 5.03. The minimum absolute atomic E-state index is 0.0394. The fourth-order valence-electron chi connectivity index (χ4n) is 2.10. The zero-order chi connectivity index (χ0) is 16.4. The van der Waals surface area contributed by atoms with Crippen molar-refractivity contribution in [2.24, 2.45) is 11.8 Å². The molecule has 1 N–H and O–H groups in total. The fraction of sp³-hybridized carbons (Fsp3) is 0.400. The van der Waals surface area contributed by atoms with Gasteiger partial charge in [0.1, 0.15) is 11.6 Å². The smallest absolute Gasteiger partial charge is 0.322 e. The van der Waals surface area contributed by atoms with Crippen LogP contribution >= 0.6 is 15.9 Å². The Morgan fingerprint density at radius 2 is 2.00 bits per heavy atom. The van der Waals surface area contributed by atoms with Crippen molar-refractivity contribution in [3.63, 3.8) is 0 Å². The number of hydrogen-bond acceptors (Lipinski definition) is 4. The standard InChI is InChI=1S/C15H14BrF2NO3/c1-2-22-15(21)12(13(19)7-3-4-7)14(20)8-5-11(18)9(16)6-10(8)17/h5-7,12,19H,2-4H2,1H3. The molecule has 0 heterocycles. The Hall–Kier alpha value is -1.63. The molecule has 1 aromatic carbocycles. The summed E-state index contributed by atoms with van der Waals surface area (Å²) in [6.45, 7) is 1.61. The van der Waals surface area contributed by atoms with E-state index in [-0.39, 0.29) is 22.7 Å². The van der Waals surface area contributed by atoms with Crippen LogP contribution in [0.4, 0.5) is 8.78 Å². The second kappa shape index (κ2) is 6.64. The van der Waals surface area contributed by atoms with Crippen LogP contribution in [-0.4, -0.2) is 24.1 Å². The summed E-state index contributed by atoms with van der Waals surface area (Å²) in [4.78, 5) is 24.4. The lowest BCUT2D eigenvalue weighted by Crippen LogP contribution is -2.34. The van der Waals surface area contributed by atoms with Gasteiger partial charge in [0.05, 0.1) is 16.6 Å². The summed E-state index contributed by atoms with van der Waals surface area (Å²) in [5, 5.41) is 7.97. The van der Waals surface area contributed by atoms with Crippen molar-refractivity contribution in [3.05, 3.63) is 33.8 Å². The Labute approximate surface area is 134 Å². The molecule has 0 bridgehead atoms. The van der Waals surface area contributed by atoms with Gasteiger partial charge in [0.15, 0.2) is 11.7 Å². The van der Waals surface area contributed by atoms with E-state index in [1.807, 2.05) is 0 Å². The Morgan fingerprint density at radius 3 is 2.55 bits per heavy atom. The number of ketones is 1. The molecule has 2 rings (SSSR count). The summed E-state index contributed by atoms with van der Waals surface area (Å²) >= 11 is 2.82. The Bertz CT molecular complexity index is 644. The summed E-state index contributed by atoms with van der Waals surface area (Å²) in [6, 6.07) is 1.56. The highest BCUT2D eigenvalue weighted by atomic mass is 79.9. The topological polar surface area (TPSA) is 67.2 Å². The van der Waals surface area contributed by atoms with Crippen molar-refractivity contribution in [1.29, 1.82) is 5.41 Å². The zero-order valence-corrected chi connectivity index (χ0v) is 13.4. The van der Waals surface area contributed by atoms with E-state index in [0.717, 1.165) is 12.1 Å². The quantitative estimate of drug-likeness (QED) is 0.272. The van der Waals surface area contributed by atoms with Crippen molar-refractivity contribution >= 4 is 33.4 Å². The number of ether oxygens (including phenoxy) is 1. The minimum atomic E-state index is -1.51. The van der Waals surface area contributed by atoms with Gasteiger partial charge in [-0.3, -0.25) is 9.59 Å². The maximum Gasteiger partial charge on any atom is 0.322 e. The molecule has 1 aromatic rings. The second-order valence-corrected chi connectivity index (χ2v) is 5.88. The number of benzene rings is 1. The number of rotatable bonds is 6. The molecule has 0 aliphatic heterocycles. The van der Waals surface area contributed by atoms with E-state index in [1.165, 1.54) is 0 Å². The van der Waals surface area contributed by atoms with Crippen molar-refractivity contribution in [2.75, 3.05) is 6.61 Å². The molecule has 1 aliphatic rings. The normalized spacial score (nSPS) is 15.3. The number of hydrogen-bond donors (Lipinski definition) is 1. The van der Waals surface area contributed by atoms with E-state index in [0.29, 0.717) is 12.8 Å². The molecule has 4 nitrogen and oxygen atoms in total. The number of esters is 1. The number of carbonyl (C=O) groups is 2. The Morgan fingerprint density at radius 1 is 1.36 bits per heavy atom. The third kappa shape index (κ3) is 3.40. The summed E-state index contributed by atoms with van der Waals surface area (Å²) in [7, 11) is 0. The van der Waals surface area contributed by atoms with Crippen LogP contribution in [-0.2, 0) is 9.53 Å². The minimum Gasteiger partial charge on any atom is -0.465 e. The maximum atomic E-state index is 13.9. The Kier molecular flexibility index (Phi) is 5.05. The summed E-state index contributed by atoms with van der Waals surface area (Å²) in [5.41, 5.74) is -0.643. The predicted octanol–water partition coefficient (Wildman–Crippen LogP) is 3.52. The molecule has 1 saturated carbocycles. The van der Waals surface area contributed by atoms with E-state index in [2.05, 4.69) is 15.9 Å². The first kappa shape index (κ1) is 16.7. The van der Waals surface area contributed by atoms with Gasteiger partial charge >= 0.3 is 5.97 Å². The molecule has 0 saturated heterocycles. The molecule has 7 heteroatoms. The lowest BCUT2D eigenvalue weighted by atomic mass is 9.90. The van der Waals surface area contributed by atoms with Crippen molar-refractivity contribution < 1.29 is 23.1 Å². The number of nitrogens with one attached hydrogen (secondary N) is 1. The highest BCUT2D eigenvalue weighted by Gasteiger charge is 2.41. The van der Waals surface area contributed by atoms with E-state index in [9.17, 15) is 18.4 Å². The van der Waals surface area contributed by atoms with Gasteiger partial charge in [0, 0.05) is 5.71 Å². The first-order valence-corrected chi connectivity index (χ1v) is 7.59. The number of carbonyl (C=O) groups excluding carboxylic acids is 2. The van der Waals surface area contributed by atoms with Gasteiger partial charge in [-0.2, -0.15) is 0 Å². The SMILES string of the molecule is CCOC(=O)C(C(=N)C1CC1)C(=O)c1cc(F)c(Br)cc1F. The highest BCUT2D eigenvalue weighted by Crippen LogP contribution is 2.34. The van der Waals surface area contributed by atoms with Gasteiger partial charge in [-0.1, -0.05) is 0 Å². The lowest BCUT2D eigenvalue weighted by molar-refractivity contribution is -0.144. The monoisotopic (exact) mass is 373 g/mol. The number of halogens is 3. The van der Waals surface area contributed by atoms with Crippen molar-refractivity contribution in [1.82, 2.24) is 0 Å². The molecule has 0 aromatic heterocycles. The first-order chi connectivity index (χ1) is 10.4. The van der Waals surface area contributed by atoms with E-state index < -0.39 is 34.9 Å². The van der Waals surface area contributed by atoms with Gasteiger partial charge in [-0.25, -0.2) is 8.78 Å². The third-order valence-electron chi connectivity index (χ3n) is 3.39. The highest BCUT2D eigenvalue weighted by molar-refractivity contribution is 9.10. The Balaban J connectivity index is 2.38. The first-order valence-electron chi connectivity index (χ1n) is 6.80. The van der Waals surface area contributed by atoms with Crippen LogP contribution in [0.5, 0.6) is 0 Å². The molecule has 1 unspecified atom stereocenters. The lowest BCUT2D eigenvalue weighted by Gasteiger charge is -2.16. The van der Waals surface area contributed by atoms with Crippen molar-refractivity contribution in [3.8, 4) is 0 Å². The average molecular weight is 374 g/mol. The molecular weight excluding hydrogens is 360 g/mol.